The van der Waals surface area contributed by atoms with Gasteiger partial charge < -0.3 is 24.8 Å². The smallest absolute Gasteiger partial charge is 0.312 e. The van der Waals surface area contributed by atoms with Crippen LogP contribution in [0.25, 0.3) is 0 Å². The van der Waals surface area contributed by atoms with Crippen LogP contribution in [0.3, 0.4) is 0 Å². The summed E-state index contributed by atoms with van der Waals surface area (Å²) in [7, 11) is 0. The Morgan fingerprint density at radius 1 is 1.27 bits per heavy atom. The monoisotopic (exact) mass is 424 g/mol. The fraction of sp³-hybridized carbons (Fsp3) is 0.864. The van der Waals surface area contributed by atoms with Crippen molar-refractivity contribution in [2.24, 2.45) is 11.8 Å². The maximum Gasteiger partial charge on any atom is 0.312 e. The molecule has 3 rings (SSSR count). The lowest BCUT2D eigenvalue weighted by molar-refractivity contribution is -0.154. The molecular weight excluding hydrogens is 388 g/mol. The van der Waals surface area contributed by atoms with Crippen LogP contribution in [0.1, 0.15) is 66.2 Å². The summed E-state index contributed by atoms with van der Waals surface area (Å²) >= 11 is 0. The van der Waals surface area contributed by atoms with E-state index in [9.17, 15) is 14.4 Å². The topological polar surface area (TPSA) is 105 Å². The fourth-order valence-corrected chi connectivity index (χ4v) is 5.39. The summed E-state index contributed by atoms with van der Waals surface area (Å²) in [5.41, 5.74) is -1.40. The summed E-state index contributed by atoms with van der Waals surface area (Å²) in [6.07, 6.45) is 4.07. The van der Waals surface area contributed by atoms with Crippen molar-refractivity contribution in [3.63, 3.8) is 0 Å². The van der Waals surface area contributed by atoms with Crippen LogP contribution in [0, 0.1) is 11.8 Å². The van der Waals surface area contributed by atoms with Crippen LogP contribution >= 0.6 is 0 Å². The van der Waals surface area contributed by atoms with E-state index in [0.29, 0.717) is 19.4 Å². The van der Waals surface area contributed by atoms with Gasteiger partial charge in [-0.05, 0) is 53.4 Å². The highest BCUT2D eigenvalue weighted by Crippen LogP contribution is 2.58. The zero-order valence-electron chi connectivity index (χ0n) is 18.6. The minimum atomic E-state index is -0.959. The Bertz CT molecular complexity index is 675. The molecule has 3 fully saturated rings. The molecule has 0 radical (unpaired) electrons. The minimum absolute atomic E-state index is 0.154. The van der Waals surface area contributed by atoms with Gasteiger partial charge in [0, 0.05) is 18.7 Å². The van der Waals surface area contributed by atoms with Crippen molar-refractivity contribution >= 4 is 17.8 Å². The molecule has 0 aromatic carbocycles. The summed E-state index contributed by atoms with van der Waals surface area (Å²) < 4.78 is 11.6. The molecule has 3 aliphatic rings. The Morgan fingerprint density at radius 2 is 1.97 bits per heavy atom. The number of aliphatic hydroxyl groups excluding tert-OH is 1. The van der Waals surface area contributed by atoms with Crippen LogP contribution in [-0.4, -0.2) is 70.8 Å². The number of nitrogens with zero attached hydrogens (tertiary/aromatic N) is 1. The Morgan fingerprint density at radius 3 is 2.60 bits per heavy atom. The highest BCUT2D eigenvalue weighted by molar-refractivity contribution is 5.98. The number of hydrogen-bond acceptors (Lipinski definition) is 6. The van der Waals surface area contributed by atoms with E-state index in [2.05, 4.69) is 5.32 Å². The van der Waals surface area contributed by atoms with E-state index in [-0.39, 0.29) is 31.1 Å². The van der Waals surface area contributed by atoms with Crippen molar-refractivity contribution in [2.45, 2.75) is 89.5 Å². The quantitative estimate of drug-likeness (QED) is 0.428. The van der Waals surface area contributed by atoms with E-state index < -0.39 is 35.0 Å². The Labute approximate surface area is 178 Å². The minimum Gasteiger partial charge on any atom is -0.466 e. The Hall–Kier alpha value is -1.67. The number of likely N-dealkylation sites (tertiary alicyclic amines) is 1. The van der Waals surface area contributed by atoms with Gasteiger partial charge >= 0.3 is 5.97 Å². The number of unbranched alkanes of at least 4 members (excludes halogenated alkanes) is 3. The molecule has 0 aliphatic carbocycles. The van der Waals surface area contributed by atoms with Crippen molar-refractivity contribution in [1.82, 2.24) is 10.2 Å². The molecule has 5 atom stereocenters. The third-order valence-electron chi connectivity index (χ3n) is 6.41. The van der Waals surface area contributed by atoms with Crippen LogP contribution in [0.2, 0.25) is 0 Å². The molecule has 8 nitrogen and oxygen atoms in total. The number of carbonyl (C=O) groups excluding carboxylic acids is 3. The SMILES string of the molecule is CCOC(=O)[C@@H]1[C@H]2C(=O)N(CCCCCCO)[C@H](C(=O)NC(C)(C)C)[C@]23CC[C@H]1O3. The molecule has 2 bridgehead atoms. The average molecular weight is 425 g/mol. The number of nitrogens with one attached hydrogen (secondary N) is 1. The van der Waals surface area contributed by atoms with Gasteiger partial charge in [-0.2, -0.15) is 0 Å². The molecular formula is C22H36N2O6. The van der Waals surface area contributed by atoms with Gasteiger partial charge in [-0.1, -0.05) is 12.8 Å². The van der Waals surface area contributed by atoms with Crippen LogP contribution in [0.5, 0.6) is 0 Å². The molecule has 8 heteroatoms. The lowest BCUT2D eigenvalue weighted by Crippen LogP contribution is -2.58. The molecule has 0 aromatic rings. The molecule has 1 spiro atoms. The summed E-state index contributed by atoms with van der Waals surface area (Å²) in [4.78, 5) is 41.2. The number of esters is 1. The Kier molecular flexibility index (Phi) is 6.77. The van der Waals surface area contributed by atoms with Crippen LogP contribution in [0.4, 0.5) is 0 Å². The number of rotatable bonds is 9. The van der Waals surface area contributed by atoms with Gasteiger partial charge in [-0.15, -0.1) is 0 Å². The van der Waals surface area contributed by atoms with Gasteiger partial charge in [0.05, 0.1) is 24.5 Å². The van der Waals surface area contributed by atoms with Gasteiger partial charge in [0.2, 0.25) is 11.8 Å². The van der Waals surface area contributed by atoms with Gasteiger partial charge in [-0.25, -0.2) is 0 Å². The maximum atomic E-state index is 13.5. The van der Waals surface area contributed by atoms with E-state index in [1.165, 1.54) is 0 Å². The second-order valence-corrected chi connectivity index (χ2v) is 9.72. The molecule has 3 saturated heterocycles. The van der Waals surface area contributed by atoms with E-state index in [1.54, 1.807) is 11.8 Å². The first kappa shape index (κ1) is 23.0. The summed E-state index contributed by atoms with van der Waals surface area (Å²) in [6.45, 7) is 8.31. The third-order valence-corrected chi connectivity index (χ3v) is 6.41. The molecule has 0 unspecified atom stereocenters. The summed E-state index contributed by atoms with van der Waals surface area (Å²) in [6, 6.07) is -0.739. The van der Waals surface area contributed by atoms with Crippen molar-refractivity contribution < 1.29 is 29.0 Å². The largest absolute Gasteiger partial charge is 0.466 e. The lowest BCUT2D eigenvalue weighted by atomic mass is 9.70. The van der Waals surface area contributed by atoms with Crippen molar-refractivity contribution in [1.29, 1.82) is 0 Å². The van der Waals surface area contributed by atoms with E-state index in [0.717, 1.165) is 25.7 Å². The maximum absolute atomic E-state index is 13.5. The normalized spacial score (nSPS) is 32.4. The zero-order chi connectivity index (χ0) is 22.1. The van der Waals surface area contributed by atoms with E-state index in [1.807, 2.05) is 20.8 Å². The Balaban J connectivity index is 1.87. The molecule has 30 heavy (non-hydrogen) atoms. The number of ether oxygens (including phenoxy) is 2. The van der Waals surface area contributed by atoms with E-state index >= 15 is 0 Å². The zero-order valence-corrected chi connectivity index (χ0v) is 18.6. The average Bonchev–Trinajstić information content (AvgIpc) is 3.28. The number of hydrogen-bond donors (Lipinski definition) is 2. The van der Waals surface area contributed by atoms with Crippen molar-refractivity contribution in [3.8, 4) is 0 Å². The fourth-order valence-electron chi connectivity index (χ4n) is 5.39. The predicted molar refractivity (Wildman–Crippen MR) is 109 cm³/mol. The number of aliphatic hydroxyl groups is 1. The number of fused-ring (bicyclic) bond motifs is 1. The molecule has 0 saturated carbocycles. The highest BCUT2D eigenvalue weighted by atomic mass is 16.6. The van der Waals surface area contributed by atoms with Crippen molar-refractivity contribution in [3.05, 3.63) is 0 Å². The molecule has 170 valence electrons. The second-order valence-electron chi connectivity index (χ2n) is 9.72. The van der Waals surface area contributed by atoms with E-state index in [4.69, 9.17) is 14.6 Å². The van der Waals surface area contributed by atoms with Crippen LogP contribution in [-0.2, 0) is 23.9 Å². The number of carbonyl (C=O) groups is 3. The predicted octanol–water partition coefficient (Wildman–Crippen LogP) is 1.39. The molecule has 3 aliphatic heterocycles. The first-order valence-corrected chi connectivity index (χ1v) is 11.2. The number of amides is 2. The van der Waals surface area contributed by atoms with Crippen LogP contribution < -0.4 is 5.32 Å². The van der Waals surface area contributed by atoms with Gasteiger partial charge in [0.15, 0.2) is 0 Å². The van der Waals surface area contributed by atoms with Crippen molar-refractivity contribution in [2.75, 3.05) is 19.8 Å². The lowest BCUT2D eigenvalue weighted by Gasteiger charge is -2.35. The van der Waals surface area contributed by atoms with Gasteiger partial charge in [0.1, 0.15) is 11.6 Å². The first-order chi connectivity index (χ1) is 14.2. The third kappa shape index (κ3) is 4.08. The van der Waals surface area contributed by atoms with Crippen LogP contribution in [0.15, 0.2) is 0 Å². The molecule has 2 amide bonds. The highest BCUT2D eigenvalue weighted by Gasteiger charge is 2.74. The second kappa shape index (κ2) is 8.83. The molecule has 3 heterocycles. The molecule has 0 aromatic heterocycles. The standard InChI is InChI=1S/C22H36N2O6/c1-5-29-20(28)15-14-10-11-22(30-14)16(15)19(27)24(12-8-6-7-9-13-25)17(22)18(26)23-21(2,3)4/h14-17,25H,5-13H2,1-4H3,(H,23,26)/t14-,15+,16+,17-,22+/m1/s1. The summed E-state index contributed by atoms with van der Waals surface area (Å²) in [5, 5.41) is 12.0. The molecule has 2 N–H and O–H groups in total. The first-order valence-electron chi connectivity index (χ1n) is 11.2. The summed E-state index contributed by atoms with van der Waals surface area (Å²) in [5.74, 6) is -2.11. The van der Waals surface area contributed by atoms with Gasteiger partial charge in [-0.3, -0.25) is 14.4 Å². The van der Waals surface area contributed by atoms with Gasteiger partial charge in [0.25, 0.3) is 0 Å².